The molecule has 0 radical (unpaired) electrons. The molecule has 5 rings (SSSR count). The highest BCUT2D eigenvalue weighted by Crippen LogP contribution is 2.26. The number of hydrogen-bond donors (Lipinski definition) is 3. The maximum Gasteiger partial charge on any atom is 0.319 e. The number of piperidine rings is 2. The molecule has 2 amide bonds. The summed E-state index contributed by atoms with van der Waals surface area (Å²) in [7, 11) is 1.79. The summed E-state index contributed by atoms with van der Waals surface area (Å²) in [6.07, 6.45) is 3.67. The molecular formula is C31H43FN8O2. The van der Waals surface area contributed by atoms with Crippen LogP contribution in [0, 0.1) is 24.6 Å². The fourth-order valence-electron chi connectivity index (χ4n) is 6.59. The molecular weight excluding hydrogens is 535 g/mol. The molecule has 1 aromatic heterocycles. The van der Waals surface area contributed by atoms with Crippen LogP contribution < -0.4 is 10.6 Å². The Labute approximate surface area is 247 Å². The molecule has 226 valence electrons. The van der Waals surface area contributed by atoms with Gasteiger partial charge >= 0.3 is 6.03 Å². The van der Waals surface area contributed by atoms with Crippen molar-refractivity contribution in [3.63, 3.8) is 0 Å². The Kier molecular flexibility index (Phi) is 9.81. The summed E-state index contributed by atoms with van der Waals surface area (Å²) in [5.41, 5.74) is 3.70. The number of aryl methyl sites for hydroxylation is 2. The first-order valence-corrected chi connectivity index (χ1v) is 15.0. The molecule has 3 aromatic rings. The third kappa shape index (κ3) is 8.11. The number of carbonyl (C=O) groups is 1. The van der Waals surface area contributed by atoms with E-state index in [0.717, 1.165) is 63.1 Å². The quantitative estimate of drug-likeness (QED) is 0.357. The zero-order valence-electron chi connectivity index (χ0n) is 24.8. The van der Waals surface area contributed by atoms with Gasteiger partial charge in [-0.05, 0) is 104 Å². The van der Waals surface area contributed by atoms with Gasteiger partial charge in [0, 0.05) is 63.0 Å². The van der Waals surface area contributed by atoms with E-state index in [1.165, 1.54) is 12.0 Å². The van der Waals surface area contributed by atoms with Crippen molar-refractivity contribution in [3.8, 4) is 11.4 Å². The standard InChI is InChI=1S/C31H43FN8O2/c1-21-13-25(30-35-36-37-38(30)3)16-28(14-21)33-31(42)34-29-10-12-40(17-22(2)41)20-26(29)19-39-11-4-5-24(18-39)15-23-6-8-27(32)9-7-23/h6-9,13-14,16,22,24,26,29,41H,4-5,10-12,15,17-20H2,1-3H3,(H2,33,34,42)/t22?,24-,26-,29+/m0/s1. The number of urea groups is 1. The summed E-state index contributed by atoms with van der Waals surface area (Å²) in [5.74, 6) is 1.18. The molecule has 1 unspecified atom stereocenters. The highest BCUT2D eigenvalue weighted by Gasteiger charge is 2.33. The summed E-state index contributed by atoms with van der Waals surface area (Å²) in [4.78, 5) is 18.1. The summed E-state index contributed by atoms with van der Waals surface area (Å²) in [6, 6.07) is 12.5. The number of halogens is 1. The number of nitrogens with zero attached hydrogens (tertiary/aromatic N) is 6. The number of aliphatic hydroxyl groups excluding tert-OH is 1. The van der Waals surface area contributed by atoms with Crippen LogP contribution in [0.2, 0.25) is 0 Å². The van der Waals surface area contributed by atoms with E-state index < -0.39 is 6.10 Å². The summed E-state index contributed by atoms with van der Waals surface area (Å²) in [5, 5.41) is 28.1. The van der Waals surface area contributed by atoms with E-state index in [1.54, 1.807) is 23.9 Å². The van der Waals surface area contributed by atoms with Gasteiger partial charge < -0.3 is 25.5 Å². The number of β-amino-alcohol motifs (C(OH)–C–C–N with tert-alkyl or cyclic N) is 1. The van der Waals surface area contributed by atoms with Crippen molar-refractivity contribution < 1.29 is 14.3 Å². The number of aliphatic hydroxyl groups is 1. The molecule has 0 saturated carbocycles. The number of likely N-dealkylation sites (tertiary alicyclic amines) is 2. The van der Waals surface area contributed by atoms with Crippen molar-refractivity contribution in [1.29, 1.82) is 0 Å². The van der Waals surface area contributed by atoms with Crippen LogP contribution >= 0.6 is 0 Å². The van der Waals surface area contributed by atoms with E-state index in [2.05, 4.69) is 36.0 Å². The van der Waals surface area contributed by atoms with Crippen LogP contribution in [0.15, 0.2) is 42.5 Å². The Morgan fingerprint density at radius 2 is 1.93 bits per heavy atom. The molecule has 0 spiro atoms. The zero-order valence-corrected chi connectivity index (χ0v) is 24.8. The number of nitrogens with one attached hydrogen (secondary N) is 2. The Bertz CT molecular complexity index is 1330. The number of aromatic nitrogens is 4. The van der Waals surface area contributed by atoms with Crippen LogP contribution in [0.25, 0.3) is 11.4 Å². The number of benzene rings is 2. The minimum atomic E-state index is -0.395. The Morgan fingerprint density at radius 3 is 2.67 bits per heavy atom. The fourth-order valence-corrected chi connectivity index (χ4v) is 6.59. The molecule has 2 aliphatic rings. The van der Waals surface area contributed by atoms with Crippen molar-refractivity contribution in [1.82, 2.24) is 35.3 Å². The Balaban J connectivity index is 1.23. The number of carbonyl (C=O) groups excluding carboxylic acids is 1. The molecule has 2 aromatic carbocycles. The molecule has 42 heavy (non-hydrogen) atoms. The van der Waals surface area contributed by atoms with Gasteiger partial charge in [-0.15, -0.1) is 5.10 Å². The van der Waals surface area contributed by atoms with Crippen LogP contribution in [0.1, 0.15) is 37.3 Å². The van der Waals surface area contributed by atoms with Gasteiger partial charge in [-0.3, -0.25) is 0 Å². The average Bonchev–Trinajstić information content (AvgIpc) is 3.37. The average molecular weight is 579 g/mol. The van der Waals surface area contributed by atoms with Crippen LogP contribution in [0.4, 0.5) is 14.9 Å². The SMILES string of the molecule is Cc1cc(NC(=O)N[C@@H]2CCN(CC(C)O)C[C@@H]2CN2CCC[C@@H](Cc3ccc(F)cc3)C2)cc(-c2nnnn2C)c1. The maximum atomic E-state index is 13.4. The van der Waals surface area contributed by atoms with E-state index >= 15 is 0 Å². The highest BCUT2D eigenvalue weighted by atomic mass is 19.1. The van der Waals surface area contributed by atoms with Gasteiger partial charge in [-0.25, -0.2) is 13.9 Å². The molecule has 4 atom stereocenters. The van der Waals surface area contributed by atoms with Gasteiger partial charge in [-0.2, -0.15) is 0 Å². The maximum absolute atomic E-state index is 13.4. The lowest BCUT2D eigenvalue weighted by Crippen LogP contribution is -2.56. The van der Waals surface area contributed by atoms with Gasteiger partial charge in [0.1, 0.15) is 5.82 Å². The highest BCUT2D eigenvalue weighted by molar-refractivity contribution is 5.90. The second kappa shape index (κ2) is 13.7. The summed E-state index contributed by atoms with van der Waals surface area (Å²) < 4.78 is 15.0. The zero-order chi connectivity index (χ0) is 29.6. The first kappa shape index (κ1) is 30.1. The number of tetrazole rings is 1. The van der Waals surface area contributed by atoms with Crippen molar-refractivity contribution in [2.24, 2.45) is 18.9 Å². The van der Waals surface area contributed by atoms with E-state index in [9.17, 15) is 14.3 Å². The van der Waals surface area contributed by atoms with E-state index in [4.69, 9.17) is 0 Å². The van der Waals surface area contributed by atoms with Crippen LogP contribution in [-0.2, 0) is 13.5 Å². The number of hydrogen-bond acceptors (Lipinski definition) is 7. The number of rotatable bonds is 9. The number of anilines is 1. The third-order valence-corrected chi connectivity index (χ3v) is 8.40. The minimum absolute atomic E-state index is 0.0138. The number of amides is 2. The van der Waals surface area contributed by atoms with Crippen molar-refractivity contribution in [2.75, 3.05) is 44.6 Å². The monoisotopic (exact) mass is 578 g/mol. The van der Waals surface area contributed by atoms with Crippen LogP contribution in [-0.4, -0.2) is 92.6 Å². The molecule has 3 N–H and O–H groups in total. The van der Waals surface area contributed by atoms with Gasteiger partial charge in [0.05, 0.1) is 6.10 Å². The van der Waals surface area contributed by atoms with Crippen LogP contribution in [0.3, 0.4) is 0 Å². The lowest BCUT2D eigenvalue weighted by Gasteiger charge is -2.43. The Morgan fingerprint density at radius 1 is 1.12 bits per heavy atom. The molecule has 3 heterocycles. The summed E-state index contributed by atoms with van der Waals surface area (Å²) in [6.45, 7) is 8.99. The second-order valence-electron chi connectivity index (χ2n) is 12.2. The van der Waals surface area contributed by atoms with Crippen molar-refractivity contribution in [3.05, 3.63) is 59.4 Å². The molecule has 2 fully saturated rings. The second-order valence-corrected chi connectivity index (χ2v) is 12.2. The van der Waals surface area contributed by atoms with E-state index in [-0.39, 0.29) is 23.8 Å². The Hall–Kier alpha value is -3.41. The van der Waals surface area contributed by atoms with Gasteiger partial charge in [-0.1, -0.05) is 12.1 Å². The molecule has 0 aliphatic carbocycles. The van der Waals surface area contributed by atoms with Gasteiger partial charge in [0.15, 0.2) is 5.82 Å². The fraction of sp³-hybridized carbons (Fsp3) is 0.548. The normalized spacial score (nSPS) is 22.5. The molecule has 11 heteroatoms. The topological polar surface area (TPSA) is 111 Å². The minimum Gasteiger partial charge on any atom is -0.392 e. The first-order valence-electron chi connectivity index (χ1n) is 15.0. The van der Waals surface area contributed by atoms with Crippen molar-refractivity contribution >= 4 is 11.7 Å². The van der Waals surface area contributed by atoms with Crippen LogP contribution in [0.5, 0.6) is 0 Å². The van der Waals surface area contributed by atoms with Crippen molar-refractivity contribution in [2.45, 2.75) is 51.7 Å². The summed E-state index contributed by atoms with van der Waals surface area (Å²) >= 11 is 0. The molecule has 10 nitrogen and oxygen atoms in total. The predicted octanol–water partition coefficient (Wildman–Crippen LogP) is 3.47. The lowest BCUT2D eigenvalue weighted by molar-refractivity contribution is 0.0581. The largest absolute Gasteiger partial charge is 0.392 e. The molecule has 0 bridgehead atoms. The molecule has 2 saturated heterocycles. The lowest BCUT2D eigenvalue weighted by atomic mass is 9.88. The first-order chi connectivity index (χ1) is 20.2. The smallest absolute Gasteiger partial charge is 0.319 e. The predicted molar refractivity (Wildman–Crippen MR) is 160 cm³/mol. The molecule has 2 aliphatic heterocycles. The van der Waals surface area contributed by atoms with Gasteiger partial charge in [0.25, 0.3) is 0 Å². The van der Waals surface area contributed by atoms with Gasteiger partial charge in [0.2, 0.25) is 0 Å². The van der Waals surface area contributed by atoms with E-state index in [0.29, 0.717) is 24.0 Å². The van der Waals surface area contributed by atoms with E-state index in [1.807, 2.05) is 44.2 Å². The third-order valence-electron chi connectivity index (χ3n) is 8.40.